The van der Waals surface area contributed by atoms with Gasteiger partial charge in [-0.15, -0.1) is 0 Å². The molecule has 106 valence electrons. The fourth-order valence-electron chi connectivity index (χ4n) is 2.79. The van der Waals surface area contributed by atoms with Gasteiger partial charge in [-0.1, -0.05) is 37.3 Å². The lowest BCUT2D eigenvalue weighted by molar-refractivity contribution is 0.410. The quantitative estimate of drug-likeness (QED) is 0.747. The Kier molecular flexibility index (Phi) is 3.53. The monoisotopic (exact) mass is 278 g/mol. The van der Waals surface area contributed by atoms with Crippen LogP contribution in [0, 0.1) is 0 Å². The third-order valence-electron chi connectivity index (χ3n) is 3.84. The molecule has 2 heteroatoms. The van der Waals surface area contributed by atoms with Gasteiger partial charge in [0.25, 0.3) is 0 Å². The summed E-state index contributed by atoms with van der Waals surface area (Å²) < 4.78 is 5.47. The van der Waals surface area contributed by atoms with E-state index in [0.717, 1.165) is 22.9 Å². The predicted octanol–water partition coefficient (Wildman–Crippen LogP) is 4.78. The van der Waals surface area contributed by atoms with Crippen LogP contribution in [0.15, 0.2) is 54.6 Å². The average molecular weight is 278 g/mol. The second-order valence-corrected chi connectivity index (χ2v) is 5.09. The van der Waals surface area contributed by atoms with Gasteiger partial charge in [0.05, 0.1) is 7.11 Å². The van der Waals surface area contributed by atoms with Crippen LogP contribution in [-0.2, 0) is 6.42 Å². The number of fused-ring (bicyclic) bond motifs is 1. The SMILES string of the molecule is CCc1c(OC)cccc1-c1ccc2cc(O)ccc2c1. The summed E-state index contributed by atoms with van der Waals surface area (Å²) >= 11 is 0. The summed E-state index contributed by atoms with van der Waals surface area (Å²) in [7, 11) is 1.71. The molecular weight excluding hydrogens is 260 g/mol. The summed E-state index contributed by atoms with van der Waals surface area (Å²) in [5.41, 5.74) is 3.59. The van der Waals surface area contributed by atoms with Crippen LogP contribution in [0.25, 0.3) is 21.9 Å². The number of hydrogen-bond donors (Lipinski definition) is 1. The van der Waals surface area contributed by atoms with Crippen LogP contribution >= 0.6 is 0 Å². The van der Waals surface area contributed by atoms with Crippen molar-refractivity contribution in [2.24, 2.45) is 0 Å². The fourth-order valence-corrected chi connectivity index (χ4v) is 2.79. The van der Waals surface area contributed by atoms with Crippen molar-refractivity contribution in [3.8, 4) is 22.6 Å². The fraction of sp³-hybridized carbons (Fsp3) is 0.158. The van der Waals surface area contributed by atoms with Gasteiger partial charge in [-0.25, -0.2) is 0 Å². The van der Waals surface area contributed by atoms with E-state index in [0.29, 0.717) is 5.75 Å². The Hall–Kier alpha value is -2.48. The maximum atomic E-state index is 9.55. The summed E-state index contributed by atoms with van der Waals surface area (Å²) in [5, 5.41) is 11.7. The molecule has 0 radical (unpaired) electrons. The predicted molar refractivity (Wildman–Crippen MR) is 87.0 cm³/mol. The van der Waals surface area contributed by atoms with E-state index in [2.05, 4.69) is 25.1 Å². The van der Waals surface area contributed by atoms with Gasteiger partial charge in [-0.2, -0.15) is 0 Å². The van der Waals surface area contributed by atoms with Gasteiger partial charge < -0.3 is 9.84 Å². The molecule has 0 bridgehead atoms. The van der Waals surface area contributed by atoms with Crippen LogP contribution in [-0.4, -0.2) is 12.2 Å². The molecular formula is C19H18O2. The molecule has 0 atom stereocenters. The molecule has 3 aromatic rings. The zero-order chi connectivity index (χ0) is 14.8. The molecule has 0 saturated heterocycles. The molecule has 0 amide bonds. The largest absolute Gasteiger partial charge is 0.508 e. The van der Waals surface area contributed by atoms with Crippen molar-refractivity contribution >= 4 is 10.8 Å². The van der Waals surface area contributed by atoms with Gasteiger partial charge in [0.1, 0.15) is 11.5 Å². The number of hydrogen-bond acceptors (Lipinski definition) is 2. The maximum absolute atomic E-state index is 9.55. The molecule has 0 unspecified atom stereocenters. The van der Waals surface area contributed by atoms with Crippen molar-refractivity contribution in [3.63, 3.8) is 0 Å². The van der Waals surface area contributed by atoms with Crippen LogP contribution in [0.5, 0.6) is 11.5 Å². The van der Waals surface area contributed by atoms with Gasteiger partial charge in [0, 0.05) is 5.56 Å². The third kappa shape index (κ3) is 2.45. The van der Waals surface area contributed by atoms with Crippen molar-refractivity contribution in [2.45, 2.75) is 13.3 Å². The van der Waals surface area contributed by atoms with E-state index in [1.165, 1.54) is 16.7 Å². The summed E-state index contributed by atoms with van der Waals surface area (Å²) in [6.07, 6.45) is 0.924. The Morgan fingerprint density at radius 3 is 2.48 bits per heavy atom. The summed E-state index contributed by atoms with van der Waals surface area (Å²) in [6.45, 7) is 2.14. The van der Waals surface area contributed by atoms with Crippen LogP contribution in [0.2, 0.25) is 0 Å². The van der Waals surface area contributed by atoms with Crippen molar-refractivity contribution in [1.29, 1.82) is 0 Å². The lowest BCUT2D eigenvalue weighted by Gasteiger charge is -2.13. The highest BCUT2D eigenvalue weighted by Gasteiger charge is 2.09. The molecule has 0 aliphatic heterocycles. The number of ether oxygens (including phenoxy) is 1. The molecule has 0 fully saturated rings. The molecule has 0 aliphatic rings. The van der Waals surface area contributed by atoms with E-state index in [1.54, 1.807) is 19.2 Å². The Bertz CT molecular complexity index is 791. The highest BCUT2D eigenvalue weighted by Crippen LogP contribution is 2.33. The summed E-state index contributed by atoms with van der Waals surface area (Å²) in [6, 6.07) is 17.9. The molecule has 0 heterocycles. The molecule has 3 aromatic carbocycles. The Morgan fingerprint density at radius 1 is 0.952 bits per heavy atom. The highest BCUT2D eigenvalue weighted by atomic mass is 16.5. The second kappa shape index (κ2) is 5.49. The number of rotatable bonds is 3. The number of methoxy groups -OCH3 is 1. The van der Waals surface area contributed by atoms with E-state index in [-0.39, 0.29) is 0 Å². The second-order valence-electron chi connectivity index (χ2n) is 5.09. The minimum absolute atomic E-state index is 0.297. The first kappa shape index (κ1) is 13.5. The first-order valence-electron chi connectivity index (χ1n) is 7.12. The normalized spacial score (nSPS) is 10.8. The number of phenols is 1. The minimum Gasteiger partial charge on any atom is -0.508 e. The molecule has 0 aromatic heterocycles. The molecule has 21 heavy (non-hydrogen) atoms. The molecule has 0 aliphatic carbocycles. The molecule has 1 N–H and O–H groups in total. The highest BCUT2D eigenvalue weighted by molar-refractivity contribution is 5.89. The molecule has 0 saturated carbocycles. The molecule has 3 rings (SSSR count). The van der Waals surface area contributed by atoms with Gasteiger partial charge >= 0.3 is 0 Å². The zero-order valence-corrected chi connectivity index (χ0v) is 12.3. The standard InChI is InChI=1S/C19H18O2/c1-3-17-18(5-4-6-19(17)21-2)15-8-7-14-12-16(20)10-9-13(14)11-15/h4-12,20H,3H2,1-2H3. The Morgan fingerprint density at radius 2 is 1.71 bits per heavy atom. The van der Waals surface area contributed by atoms with E-state index in [1.807, 2.05) is 24.3 Å². The van der Waals surface area contributed by atoms with Crippen molar-refractivity contribution < 1.29 is 9.84 Å². The van der Waals surface area contributed by atoms with Crippen molar-refractivity contribution in [3.05, 3.63) is 60.2 Å². The van der Waals surface area contributed by atoms with Gasteiger partial charge in [0.15, 0.2) is 0 Å². The lowest BCUT2D eigenvalue weighted by atomic mass is 9.95. The number of benzene rings is 3. The topological polar surface area (TPSA) is 29.5 Å². The maximum Gasteiger partial charge on any atom is 0.122 e. The smallest absolute Gasteiger partial charge is 0.122 e. The Balaban J connectivity index is 2.18. The van der Waals surface area contributed by atoms with E-state index in [9.17, 15) is 5.11 Å². The summed E-state index contributed by atoms with van der Waals surface area (Å²) in [4.78, 5) is 0. The van der Waals surface area contributed by atoms with Crippen molar-refractivity contribution in [1.82, 2.24) is 0 Å². The minimum atomic E-state index is 0.297. The van der Waals surface area contributed by atoms with Crippen LogP contribution in [0.1, 0.15) is 12.5 Å². The van der Waals surface area contributed by atoms with E-state index < -0.39 is 0 Å². The number of phenolic OH excluding ortho intramolecular Hbond substituents is 1. The lowest BCUT2D eigenvalue weighted by Crippen LogP contribution is -1.94. The van der Waals surface area contributed by atoms with Crippen molar-refractivity contribution in [2.75, 3.05) is 7.11 Å². The van der Waals surface area contributed by atoms with Crippen LogP contribution in [0.4, 0.5) is 0 Å². The number of aromatic hydroxyl groups is 1. The molecule has 2 nitrogen and oxygen atoms in total. The molecule has 0 spiro atoms. The van der Waals surface area contributed by atoms with Crippen LogP contribution < -0.4 is 4.74 Å². The van der Waals surface area contributed by atoms with Gasteiger partial charge in [-0.3, -0.25) is 0 Å². The third-order valence-corrected chi connectivity index (χ3v) is 3.84. The first-order valence-corrected chi connectivity index (χ1v) is 7.12. The van der Waals surface area contributed by atoms with E-state index >= 15 is 0 Å². The zero-order valence-electron chi connectivity index (χ0n) is 12.3. The van der Waals surface area contributed by atoms with Gasteiger partial charge in [0.2, 0.25) is 0 Å². The van der Waals surface area contributed by atoms with Crippen LogP contribution in [0.3, 0.4) is 0 Å². The average Bonchev–Trinajstić information content (AvgIpc) is 2.53. The van der Waals surface area contributed by atoms with E-state index in [4.69, 9.17) is 4.74 Å². The first-order chi connectivity index (χ1) is 10.2. The Labute approximate surface area is 124 Å². The van der Waals surface area contributed by atoms with Gasteiger partial charge in [-0.05, 0) is 52.6 Å². The summed E-state index contributed by atoms with van der Waals surface area (Å²) in [5.74, 6) is 1.23.